The highest BCUT2D eigenvalue weighted by Crippen LogP contribution is 2.76. The van der Waals surface area contributed by atoms with Crippen molar-refractivity contribution >= 4 is 26.8 Å². The maximum absolute atomic E-state index is 2.91. The Kier molecular flexibility index (Phi) is 7.33. The van der Waals surface area contributed by atoms with Crippen LogP contribution in [0.4, 0.5) is 0 Å². The first-order valence-corrected chi connectivity index (χ1v) is 14.7. The van der Waals surface area contributed by atoms with E-state index in [1.807, 2.05) is 0 Å². The Morgan fingerprint density at radius 1 is 0.606 bits per heavy atom. The lowest BCUT2D eigenvalue weighted by atomic mass is 10.0. The minimum Gasteiger partial charge on any atom is -0.252 e. The zero-order chi connectivity index (χ0) is 22.5. The molecule has 2 unspecified atom stereocenters. The van der Waals surface area contributed by atoms with Crippen LogP contribution in [0.15, 0.2) is 121 Å². The fourth-order valence-corrected chi connectivity index (χ4v) is 12.5. The van der Waals surface area contributed by atoms with Crippen LogP contribution in [-0.4, -0.2) is 11.0 Å². The molecule has 1 aliphatic heterocycles. The number of hydrogen-bond acceptors (Lipinski definition) is 1. The molecular weight excluding hydrogens is 436 g/mol. The van der Waals surface area contributed by atoms with Crippen molar-refractivity contribution in [3.05, 3.63) is 132 Å². The van der Waals surface area contributed by atoms with Crippen molar-refractivity contribution in [1.29, 1.82) is 0 Å². The Morgan fingerprint density at radius 3 is 1.33 bits per heavy atom. The maximum atomic E-state index is 2.91. The molecule has 1 fully saturated rings. The summed E-state index contributed by atoms with van der Waals surface area (Å²) in [6.45, 7) is 3.43. The molecule has 3 heteroatoms. The van der Waals surface area contributed by atoms with Crippen molar-refractivity contribution < 1.29 is 0 Å². The van der Waals surface area contributed by atoms with Crippen LogP contribution in [-0.2, 0) is 0 Å². The summed E-state index contributed by atoms with van der Waals surface area (Å²) in [6.07, 6.45) is 2.52. The van der Waals surface area contributed by atoms with Crippen molar-refractivity contribution in [2.45, 2.75) is 31.1 Å². The third kappa shape index (κ3) is 4.83. The van der Waals surface area contributed by atoms with Crippen LogP contribution in [0.2, 0.25) is 0 Å². The number of hydrogen-bond donors (Lipinski definition) is 0. The molecule has 0 spiro atoms. The third-order valence-electron chi connectivity index (χ3n) is 6.50. The number of rotatable bonds is 7. The summed E-state index contributed by atoms with van der Waals surface area (Å²) in [6, 6.07) is 45.0. The maximum Gasteiger partial charge on any atom is 0.0318 e. The highest BCUT2D eigenvalue weighted by molar-refractivity contribution is 7.79. The average molecular weight is 468 g/mol. The Hall–Kier alpha value is -2.30. The van der Waals surface area contributed by atoms with Gasteiger partial charge in [-0.25, -0.2) is 0 Å². The second kappa shape index (κ2) is 10.8. The topological polar surface area (TPSA) is 3.24 Å². The summed E-state index contributed by atoms with van der Waals surface area (Å²) in [5, 5.41) is 2.90. The van der Waals surface area contributed by atoms with E-state index < -0.39 is 16.1 Å². The van der Waals surface area contributed by atoms with Crippen LogP contribution < -0.4 is 10.6 Å². The Labute approximate surface area is 201 Å². The zero-order valence-corrected chi connectivity index (χ0v) is 21.0. The van der Waals surface area contributed by atoms with E-state index in [9.17, 15) is 0 Å². The predicted octanol–water partition coefficient (Wildman–Crippen LogP) is 8.03. The van der Waals surface area contributed by atoms with Crippen LogP contribution in [0.3, 0.4) is 0 Å². The van der Waals surface area contributed by atoms with Gasteiger partial charge in [0.25, 0.3) is 0 Å². The van der Waals surface area contributed by atoms with Crippen LogP contribution >= 0.6 is 16.1 Å². The van der Waals surface area contributed by atoms with Gasteiger partial charge in [-0.2, -0.15) is 0 Å². The highest BCUT2D eigenvalue weighted by atomic mass is 31.2. The fraction of sp³-hybridized carbons (Fsp3) is 0.200. The Bertz CT molecular complexity index is 1030. The van der Waals surface area contributed by atoms with Crippen molar-refractivity contribution in [2.24, 2.45) is 0 Å². The number of benzene rings is 4. The van der Waals surface area contributed by atoms with E-state index >= 15 is 0 Å². The summed E-state index contributed by atoms with van der Waals surface area (Å²) in [5.74, 6) is 0. The molecule has 1 aliphatic rings. The minimum absolute atomic E-state index is 0.413. The van der Waals surface area contributed by atoms with Gasteiger partial charge in [-0.15, -0.1) is 0 Å². The van der Waals surface area contributed by atoms with E-state index in [2.05, 4.69) is 133 Å². The van der Waals surface area contributed by atoms with Crippen LogP contribution in [0.1, 0.15) is 42.2 Å². The van der Waals surface area contributed by atoms with Crippen molar-refractivity contribution in [1.82, 2.24) is 4.44 Å². The molecule has 0 saturated carbocycles. The van der Waals surface area contributed by atoms with E-state index in [1.165, 1.54) is 34.6 Å². The van der Waals surface area contributed by atoms with E-state index in [4.69, 9.17) is 0 Å². The monoisotopic (exact) mass is 467 g/mol. The molecule has 1 saturated heterocycles. The van der Waals surface area contributed by atoms with Gasteiger partial charge in [-0.1, -0.05) is 128 Å². The molecule has 4 aromatic rings. The van der Waals surface area contributed by atoms with Crippen molar-refractivity contribution in [3.8, 4) is 0 Å². The van der Waals surface area contributed by atoms with E-state index in [0.717, 1.165) is 6.54 Å². The summed E-state index contributed by atoms with van der Waals surface area (Å²) in [4.78, 5) is 0. The van der Waals surface area contributed by atoms with Crippen molar-refractivity contribution in [2.75, 3.05) is 6.54 Å². The van der Waals surface area contributed by atoms with E-state index in [-0.39, 0.29) is 0 Å². The lowest BCUT2D eigenvalue weighted by molar-refractivity contribution is 0.734. The molecule has 33 heavy (non-hydrogen) atoms. The van der Waals surface area contributed by atoms with Crippen LogP contribution in [0.25, 0.3) is 0 Å². The fourth-order valence-electron chi connectivity index (χ4n) is 5.07. The average Bonchev–Trinajstić information content (AvgIpc) is 3.34. The summed E-state index contributed by atoms with van der Waals surface area (Å²) >= 11 is 0. The second-order valence-corrected chi connectivity index (χ2v) is 13.4. The smallest absolute Gasteiger partial charge is 0.0318 e. The molecular formula is C30H31NP2. The molecule has 0 aliphatic carbocycles. The lowest BCUT2D eigenvalue weighted by Crippen LogP contribution is -2.26. The Morgan fingerprint density at radius 2 is 0.970 bits per heavy atom. The molecule has 4 aromatic carbocycles. The van der Waals surface area contributed by atoms with E-state index in [0.29, 0.717) is 11.3 Å². The summed E-state index contributed by atoms with van der Waals surface area (Å²) < 4.78 is 2.91. The molecule has 5 rings (SSSR count). The molecule has 1 nitrogen and oxygen atoms in total. The predicted molar refractivity (Wildman–Crippen MR) is 146 cm³/mol. The standard InChI is InChI=1S/C30H31NP2/c1-2-31(32(27-19-11-5-12-20-27)28-21-13-6-14-22-28)33-29(25-15-7-3-8-16-25)23-24-30(33)26-17-9-4-10-18-26/h3-22,29-30H,2,23-24H2,1H3. The van der Waals surface area contributed by atoms with Crippen LogP contribution in [0, 0.1) is 0 Å². The second-order valence-electron chi connectivity index (χ2n) is 8.48. The minimum atomic E-state index is -0.597. The molecule has 0 radical (unpaired) electrons. The normalized spacial score (nSPS) is 20.4. The van der Waals surface area contributed by atoms with Gasteiger partial charge in [0, 0.05) is 25.9 Å². The largest absolute Gasteiger partial charge is 0.252 e. The lowest BCUT2D eigenvalue weighted by Gasteiger charge is -2.42. The van der Waals surface area contributed by atoms with Gasteiger partial charge in [0.05, 0.1) is 0 Å². The summed E-state index contributed by atoms with van der Waals surface area (Å²) in [7, 11) is -1.01. The van der Waals surface area contributed by atoms with Gasteiger partial charge in [0.15, 0.2) is 0 Å². The quantitative estimate of drug-likeness (QED) is 0.249. The van der Waals surface area contributed by atoms with Gasteiger partial charge < -0.3 is 0 Å². The molecule has 0 N–H and O–H groups in total. The summed E-state index contributed by atoms with van der Waals surface area (Å²) in [5.41, 5.74) is 4.22. The first kappa shape index (κ1) is 22.5. The first-order chi connectivity index (χ1) is 16.4. The molecule has 1 heterocycles. The zero-order valence-electron chi connectivity index (χ0n) is 19.2. The Balaban J connectivity index is 1.63. The highest BCUT2D eigenvalue weighted by Gasteiger charge is 2.43. The first-order valence-electron chi connectivity index (χ1n) is 11.9. The van der Waals surface area contributed by atoms with Crippen LogP contribution in [0.5, 0.6) is 0 Å². The van der Waals surface area contributed by atoms with E-state index in [1.54, 1.807) is 0 Å². The molecule has 2 atom stereocenters. The third-order valence-corrected chi connectivity index (χ3v) is 13.2. The molecule has 0 aromatic heterocycles. The van der Waals surface area contributed by atoms with Gasteiger partial charge in [0.1, 0.15) is 0 Å². The SMILES string of the molecule is CCN(P(c1ccccc1)c1ccccc1)P1C(c2ccccc2)CCC1c1ccccc1. The molecule has 0 bridgehead atoms. The molecule has 166 valence electrons. The van der Waals surface area contributed by atoms with Gasteiger partial charge in [-0.3, -0.25) is 4.44 Å². The number of nitrogens with zero attached hydrogens (tertiary/aromatic N) is 1. The van der Waals surface area contributed by atoms with Gasteiger partial charge >= 0.3 is 0 Å². The van der Waals surface area contributed by atoms with Gasteiger partial charge in [-0.05, 0) is 42.6 Å². The van der Waals surface area contributed by atoms with Gasteiger partial charge in [0.2, 0.25) is 0 Å². The van der Waals surface area contributed by atoms with Crippen molar-refractivity contribution in [3.63, 3.8) is 0 Å². The molecule has 0 amide bonds.